The zero-order chi connectivity index (χ0) is 23.6. The summed E-state index contributed by atoms with van der Waals surface area (Å²) in [5.74, 6) is 1.43. The molecule has 176 valence electrons. The second-order valence-electron chi connectivity index (χ2n) is 8.40. The number of nitrogens with zero attached hydrogens (tertiary/aromatic N) is 1. The number of hydrogen-bond donors (Lipinski definition) is 1. The normalized spacial score (nSPS) is 13.8. The zero-order valence-corrected chi connectivity index (χ0v) is 19.2. The minimum Gasteiger partial charge on any atom is -0.489 e. The molecule has 1 saturated heterocycles. The number of hydrogen-bond acceptors (Lipinski definition) is 4. The number of rotatable bonds is 9. The molecule has 0 spiro atoms. The predicted octanol–water partition coefficient (Wildman–Crippen LogP) is 4.20. The Morgan fingerprint density at radius 1 is 0.794 bits per heavy atom. The van der Waals surface area contributed by atoms with Gasteiger partial charge in [0.05, 0.1) is 0 Å². The summed E-state index contributed by atoms with van der Waals surface area (Å²) in [7, 11) is 0. The molecule has 0 aromatic heterocycles. The molecule has 1 N–H and O–H groups in total. The van der Waals surface area contributed by atoms with Gasteiger partial charge in [0.1, 0.15) is 18.1 Å². The van der Waals surface area contributed by atoms with Gasteiger partial charge in [-0.25, -0.2) is 0 Å². The Hall–Kier alpha value is -3.80. The molecule has 1 aliphatic rings. The Kier molecular flexibility index (Phi) is 8.17. The van der Waals surface area contributed by atoms with Gasteiger partial charge in [-0.2, -0.15) is 0 Å². The lowest BCUT2D eigenvalue weighted by atomic mass is 9.95. The lowest BCUT2D eigenvalue weighted by Crippen LogP contribution is -2.44. The fourth-order valence-corrected chi connectivity index (χ4v) is 3.99. The number of para-hydroxylation sites is 2. The van der Waals surface area contributed by atoms with Gasteiger partial charge in [-0.15, -0.1) is 0 Å². The monoisotopic (exact) mass is 458 g/mol. The van der Waals surface area contributed by atoms with Gasteiger partial charge in [0, 0.05) is 25.6 Å². The summed E-state index contributed by atoms with van der Waals surface area (Å²) in [5, 5.41) is 3.05. The van der Waals surface area contributed by atoms with Crippen molar-refractivity contribution in [1.29, 1.82) is 0 Å². The van der Waals surface area contributed by atoms with E-state index in [-0.39, 0.29) is 24.3 Å². The standard InChI is InChI=1S/C28H30N2O4/c31-27(21-34-26-12-5-2-6-13-26)30-16-14-24(15-17-30)28(32)29-19-22-8-7-9-23(18-22)20-33-25-10-3-1-4-11-25/h1-13,18,24H,14-17,19-21H2,(H,29,32). The minimum absolute atomic E-state index is 0.0191. The number of carbonyl (C=O) groups excluding carboxylic acids is 2. The third-order valence-corrected chi connectivity index (χ3v) is 5.93. The third kappa shape index (κ3) is 6.85. The summed E-state index contributed by atoms with van der Waals surface area (Å²) in [6, 6.07) is 27.1. The molecule has 3 aromatic rings. The van der Waals surface area contributed by atoms with Crippen molar-refractivity contribution in [3.63, 3.8) is 0 Å². The molecule has 3 aromatic carbocycles. The SMILES string of the molecule is O=C(NCc1cccc(COc2ccccc2)c1)C1CCN(C(=O)COc2ccccc2)CC1. The van der Waals surface area contributed by atoms with Gasteiger partial charge < -0.3 is 19.7 Å². The molecule has 0 radical (unpaired) electrons. The Bertz CT molecular complexity index is 1060. The van der Waals surface area contributed by atoms with Crippen molar-refractivity contribution in [2.75, 3.05) is 19.7 Å². The van der Waals surface area contributed by atoms with Crippen LogP contribution in [0.3, 0.4) is 0 Å². The van der Waals surface area contributed by atoms with E-state index in [1.165, 1.54) is 0 Å². The minimum atomic E-state index is -0.0799. The molecule has 4 rings (SSSR count). The largest absolute Gasteiger partial charge is 0.489 e. The number of likely N-dealkylation sites (tertiary alicyclic amines) is 1. The van der Waals surface area contributed by atoms with Gasteiger partial charge in [-0.3, -0.25) is 9.59 Å². The molecule has 1 fully saturated rings. The summed E-state index contributed by atoms with van der Waals surface area (Å²) in [4.78, 5) is 26.9. The number of amides is 2. The zero-order valence-electron chi connectivity index (χ0n) is 19.2. The lowest BCUT2D eigenvalue weighted by molar-refractivity contribution is -0.137. The number of nitrogens with one attached hydrogen (secondary N) is 1. The van der Waals surface area contributed by atoms with Crippen LogP contribution in [0.15, 0.2) is 84.9 Å². The van der Waals surface area contributed by atoms with Gasteiger partial charge in [-0.05, 0) is 48.2 Å². The molecule has 34 heavy (non-hydrogen) atoms. The van der Waals surface area contributed by atoms with Crippen LogP contribution in [0.4, 0.5) is 0 Å². The molecular weight excluding hydrogens is 428 g/mol. The first-order chi connectivity index (χ1) is 16.7. The molecule has 0 aliphatic carbocycles. The van der Waals surface area contributed by atoms with Crippen molar-refractivity contribution in [3.8, 4) is 11.5 Å². The van der Waals surface area contributed by atoms with E-state index in [9.17, 15) is 9.59 Å². The molecule has 0 unspecified atom stereocenters. The highest BCUT2D eigenvalue weighted by Crippen LogP contribution is 2.19. The van der Waals surface area contributed by atoms with Gasteiger partial charge in [0.2, 0.25) is 5.91 Å². The van der Waals surface area contributed by atoms with E-state index in [2.05, 4.69) is 11.4 Å². The van der Waals surface area contributed by atoms with Crippen molar-refractivity contribution in [2.45, 2.75) is 26.0 Å². The second kappa shape index (κ2) is 11.9. The summed E-state index contributed by atoms with van der Waals surface area (Å²) in [5.41, 5.74) is 2.09. The molecule has 6 nitrogen and oxygen atoms in total. The first-order valence-corrected chi connectivity index (χ1v) is 11.7. The molecule has 1 aliphatic heterocycles. The average Bonchev–Trinajstić information content (AvgIpc) is 2.91. The maximum Gasteiger partial charge on any atom is 0.260 e. The number of ether oxygens (including phenoxy) is 2. The quantitative estimate of drug-likeness (QED) is 0.522. The number of benzene rings is 3. The summed E-state index contributed by atoms with van der Waals surface area (Å²) < 4.78 is 11.4. The van der Waals surface area contributed by atoms with Crippen LogP contribution >= 0.6 is 0 Å². The molecule has 0 saturated carbocycles. The second-order valence-corrected chi connectivity index (χ2v) is 8.40. The topological polar surface area (TPSA) is 67.9 Å². The Balaban J connectivity index is 1.18. The van der Waals surface area contributed by atoms with Crippen molar-refractivity contribution in [1.82, 2.24) is 10.2 Å². The molecule has 6 heteroatoms. The van der Waals surface area contributed by atoms with Crippen LogP contribution < -0.4 is 14.8 Å². The van der Waals surface area contributed by atoms with E-state index < -0.39 is 0 Å². The maximum atomic E-state index is 12.7. The first-order valence-electron chi connectivity index (χ1n) is 11.7. The Morgan fingerprint density at radius 3 is 2.09 bits per heavy atom. The fraction of sp³-hybridized carbons (Fsp3) is 0.286. The van der Waals surface area contributed by atoms with Gasteiger partial charge >= 0.3 is 0 Å². The van der Waals surface area contributed by atoms with E-state index in [1.807, 2.05) is 78.9 Å². The van der Waals surface area contributed by atoms with E-state index in [1.54, 1.807) is 4.90 Å². The van der Waals surface area contributed by atoms with Crippen molar-refractivity contribution < 1.29 is 19.1 Å². The molecular formula is C28H30N2O4. The summed E-state index contributed by atoms with van der Waals surface area (Å²) >= 11 is 0. The van der Waals surface area contributed by atoms with Gasteiger partial charge in [-0.1, -0.05) is 60.7 Å². The van der Waals surface area contributed by atoms with Crippen LogP contribution in [0.2, 0.25) is 0 Å². The molecule has 1 heterocycles. The van der Waals surface area contributed by atoms with E-state index >= 15 is 0 Å². The van der Waals surface area contributed by atoms with E-state index in [0.717, 1.165) is 16.9 Å². The Labute approximate surface area is 200 Å². The van der Waals surface area contributed by atoms with Crippen molar-refractivity contribution in [3.05, 3.63) is 96.1 Å². The summed E-state index contributed by atoms with van der Waals surface area (Å²) in [6.07, 6.45) is 1.32. The highest BCUT2D eigenvalue weighted by Gasteiger charge is 2.27. The van der Waals surface area contributed by atoms with Crippen LogP contribution in [0.1, 0.15) is 24.0 Å². The first kappa shape index (κ1) is 23.4. The summed E-state index contributed by atoms with van der Waals surface area (Å²) in [6.45, 7) is 2.11. The van der Waals surface area contributed by atoms with Gasteiger partial charge in [0.25, 0.3) is 5.91 Å². The van der Waals surface area contributed by atoms with Crippen LogP contribution in [-0.4, -0.2) is 36.4 Å². The van der Waals surface area contributed by atoms with E-state index in [0.29, 0.717) is 44.8 Å². The molecule has 0 atom stereocenters. The maximum absolute atomic E-state index is 12.7. The smallest absolute Gasteiger partial charge is 0.260 e. The number of carbonyl (C=O) groups is 2. The van der Waals surface area contributed by atoms with Crippen LogP contribution in [0.25, 0.3) is 0 Å². The number of piperidine rings is 1. The van der Waals surface area contributed by atoms with Gasteiger partial charge in [0.15, 0.2) is 6.61 Å². The van der Waals surface area contributed by atoms with Crippen LogP contribution in [0.5, 0.6) is 11.5 Å². The lowest BCUT2D eigenvalue weighted by Gasteiger charge is -2.31. The Morgan fingerprint density at radius 2 is 1.41 bits per heavy atom. The van der Waals surface area contributed by atoms with Crippen LogP contribution in [-0.2, 0) is 22.7 Å². The van der Waals surface area contributed by atoms with Crippen LogP contribution in [0, 0.1) is 5.92 Å². The molecule has 2 amide bonds. The predicted molar refractivity (Wildman–Crippen MR) is 130 cm³/mol. The van der Waals surface area contributed by atoms with E-state index in [4.69, 9.17) is 9.47 Å². The molecule has 0 bridgehead atoms. The highest BCUT2D eigenvalue weighted by atomic mass is 16.5. The third-order valence-electron chi connectivity index (χ3n) is 5.93. The van der Waals surface area contributed by atoms with Crippen molar-refractivity contribution >= 4 is 11.8 Å². The van der Waals surface area contributed by atoms with Crippen molar-refractivity contribution in [2.24, 2.45) is 5.92 Å². The fourth-order valence-electron chi connectivity index (χ4n) is 3.99. The highest BCUT2D eigenvalue weighted by molar-refractivity contribution is 5.80. The average molecular weight is 459 g/mol.